The second kappa shape index (κ2) is 4.03. The van der Waals surface area contributed by atoms with Crippen molar-refractivity contribution in [3.8, 4) is 0 Å². The van der Waals surface area contributed by atoms with E-state index in [0.717, 1.165) is 6.42 Å². The Balaban J connectivity index is 2.52. The predicted octanol–water partition coefficient (Wildman–Crippen LogP) is 2.90. The van der Waals surface area contributed by atoms with Crippen molar-refractivity contribution >= 4 is 6.16 Å². The van der Waals surface area contributed by atoms with E-state index in [4.69, 9.17) is 9.47 Å². The first-order valence-electron chi connectivity index (χ1n) is 4.97. The largest absolute Gasteiger partial charge is 0.508 e. The molecule has 14 heavy (non-hydrogen) atoms. The molecule has 0 saturated heterocycles. The van der Waals surface area contributed by atoms with Crippen LogP contribution in [0, 0.1) is 5.41 Å². The smallest absolute Gasteiger partial charge is 0.435 e. The molecule has 1 unspecified atom stereocenters. The predicted molar refractivity (Wildman–Crippen MR) is 54.1 cm³/mol. The van der Waals surface area contributed by atoms with E-state index in [1.165, 1.54) is 5.57 Å². The van der Waals surface area contributed by atoms with Gasteiger partial charge in [0.15, 0.2) is 0 Å². The van der Waals surface area contributed by atoms with Crippen LogP contribution in [0.2, 0.25) is 0 Å². The van der Waals surface area contributed by atoms with E-state index in [1.54, 1.807) is 6.92 Å². The van der Waals surface area contributed by atoms with E-state index in [9.17, 15) is 4.79 Å². The highest BCUT2D eigenvalue weighted by Crippen LogP contribution is 2.37. The first-order chi connectivity index (χ1) is 6.45. The summed E-state index contributed by atoms with van der Waals surface area (Å²) in [7, 11) is 0. The fraction of sp³-hybridized carbons (Fsp3) is 0.727. The zero-order valence-corrected chi connectivity index (χ0v) is 9.29. The second-order valence-corrected chi connectivity index (χ2v) is 4.31. The van der Waals surface area contributed by atoms with E-state index >= 15 is 0 Å². The maximum Gasteiger partial charge on any atom is 0.508 e. The van der Waals surface area contributed by atoms with Gasteiger partial charge in [-0.1, -0.05) is 25.5 Å². The minimum Gasteiger partial charge on any atom is -0.435 e. The molecule has 0 N–H and O–H groups in total. The van der Waals surface area contributed by atoms with Crippen LogP contribution in [0.25, 0.3) is 0 Å². The van der Waals surface area contributed by atoms with Gasteiger partial charge in [0.2, 0.25) is 0 Å². The molecule has 0 bridgehead atoms. The summed E-state index contributed by atoms with van der Waals surface area (Å²) in [6, 6.07) is 0. The van der Waals surface area contributed by atoms with Gasteiger partial charge in [0.25, 0.3) is 0 Å². The standard InChI is InChI=1S/C11H18O3/c1-5-13-10(12)14-9-6-8(2)7-11(9,3)4/h7,9H,5-6H2,1-4H3. The van der Waals surface area contributed by atoms with Gasteiger partial charge in [-0.15, -0.1) is 0 Å². The van der Waals surface area contributed by atoms with Gasteiger partial charge in [-0.05, 0) is 13.8 Å². The van der Waals surface area contributed by atoms with E-state index in [0.29, 0.717) is 6.61 Å². The molecular formula is C11H18O3. The van der Waals surface area contributed by atoms with Crippen LogP contribution in [-0.4, -0.2) is 18.9 Å². The summed E-state index contributed by atoms with van der Waals surface area (Å²) in [6.45, 7) is 8.31. The summed E-state index contributed by atoms with van der Waals surface area (Å²) < 4.78 is 9.97. The molecule has 1 aliphatic carbocycles. The molecule has 0 aliphatic heterocycles. The third-order valence-corrected chi connectivity index (χ3v) is 2.46. The van der Waals surface area contributed by atoms with E-state index in [2.05, 4.69) is 26.8 Å². The van der Waals surface area contributed by atoms with E-state index in [1.807, 2.05) is 0 Å². The van der Waals surface area contributed by atoms with Gasteiger partial charge in [0, 0.05) is 11.8 Å². The highest BCUT2D eigenvalue weighted by atomic mass is 16.7. The second-order valence-electron chi connectivity index (χ2n) is 4.31. The molecule has 0 aromatic heterocycles. The van der Waals surface area contributed by atoms with Gasteiger partial charge in [-0.3, -0.25) is 0 Å². The third-order valence-electron chi connectivity index (χ3n) is 2.46. The van der Waals surface area contributed by atoms with Gasteiger partial charge in [0.1, 0.15) is 6.10 Å². The zero-order chi connectivity index (χ0) is 10.8. The Hall–Kier alpha value is -0.990. The minimum atomic E-state index is -0.561. The fourth-order valence-corrected chi connectivity index (χ4v) is 1.80. The molecule has 0 fully saturated rings. The summed E-state index contributed by atoms with van der Waals surface area (Å²) in [4.78, 5) is 11.1. The summed E-state index contributed by atoms with van der Waals surface area (Å²) in [5, 5.41) is 0. The molecule has 1 atom stereocenters. The van der Waals surface area contributed by atoms with Crippen LogP contribution in [0.5, 0.6) is 0 Å². The molecule has 3 nitrogen and oxygen atoms in total. The first-order valence-corrected chi connectivity index (χ1v) is 4.97. The van der Waals surface area contributed by atoms with Crippen LogP contribution in [0.4, 0.5) is 4.79 Å². The Morgan fingerprint density at radius 1 is 1.64 bits per heavy atom. The van der Waals surface area contributed by atoms with Crippen molar-refractivity contribution < 1.29 is 14.3 Å². The quantitative estimate of drug-likeness (QED) is 0.505. The molecule has 1 aliphatic rings. The number of carbonyl (C=O) groups excluding carboxylic acids is 1. The molecule has 1 rings (SSSR count). The first kappa shape index (κ1) is 11.1. The minimum absolute atomic E-state index is 0.0726. The van der Waals surface area contributed by atoms with Gasteiger partial charge < -0.3 is 9.47 Å². The highest BCUT2D eigenvalue weighted by molar-refractivity contribution is 5.60. The van der Waals surface area contributed by atoms with Gasteiger partial charge in [-0.25, -0.2) is 4.79 Å². The molecule has 0 aromatic rings. The Kier molecular flexibility index (Phi) is 3.19. The molecule has 0 aromatic carbocycles. The average molecular weight is 198 g/mol. The lowest BCUT2D eigenvalue weighted by Gasteiger charge is -2.25. The summed E-state index contributed by atoms with van der Waals surface area (Å²) in [5.74, 6) is 0. The van der Waals surface area contributed by atoms with Crippen molar-refractivity contribution in [2.24, 2.45) is 5.41 Å². The number of ether oxygens (including phenoxy) is 2. The number of rotatable bonds is 2. The number of hydrogen-bond donors (Lipinski definition) is 0. The van der Waals surface area contributed by atoms with Crippen LogP contribution in [0.1, 0.15) is 34.1 Å². The molecule has 0 saturated carbocycles. The van der Waals surface area contributed by atoms with Crippen molar-refractivity contribution in [2.45, 2.75) is 40.2 Å². The Morgan fingerprint density at radius 3 is 2.71 bits per heavy atom. The van der Waals surface area contributed by atoms with Crippen molar-refractivity contribution in [1.29, 1.82) is 0 Å². The molecule has 0 amide bonds. The van der Waals surface area contributed by atoms with Crippen LogP contribution < -0.4 is 0 Å². The molecule has 0 heterocycles. The molecule has 0 radical (unpaired) electrons. The van der Waals surface area contributed by atoms with Crippen molar-refractivity contribution in [2.75, 3.05) is 6.61 Å². The van der Waals surface area contributed by atoms with Crippen molar-refractivity contribution in [3.63, 3.8) is 0 Å². The highest BCUT2D eigenvalue weighted by Gasteiger charge is 2.36. The SMILES string of the molecule is CCOC(=O)OC1CC(C)=CC1(C)C. The Morgan fingerprint density at radius 2 is 2.29 bits per heavy atom. The van der Waals surface area contributed by atoms with Crippen molar-refractivity contribution in [1.82, 2.24) is 0 Å². The molecule has 3 heteroatoms. The normalized spacial score (nSPS) is 24.3. The van der Waals surface area contributed by atoms with Gasteiger partial charge in [0.05, 0.1) is 6.61 Å². The van der Waals surface area contributed by atoms with Gasteiger partial charge in [-0.2, -0.15) is 0 Å². The summed E-state index contributed by atoms with van der Waals surface area (Å²) >= 11 is 0. The summed E-state index contributed by atoms with van der Waals surface area (Å²) in [6.07, 6.45) is 2.32. The number of carbonyl (C=O) groups is 1. The van der Waals surface area contributed by atoms with Crippen LogP contribution in [0.3, 0.4) is 0 Å². The lowest BCUT2D eigenvalue weighted by atomic mass is 9.90. The number of hydrogen-bond acceptors (Lipinski definition) is 3. The van der Waals surface area contributed by atoms with Crippen LogP contribution in [0.15, 0.2) is 11.6 Å². The lowest BCUT2D eigenvalue weighted by Crippen LogP contribution is -2.29. The van der Waals surface area contributed by atoms with E-state index < -0.39 is 6.16 Å². The third kappa shape index (κ3) is 2.50. The maximum atomic E-state index is 11.1. The average Bonchev–Trinajstić information content (AvgIpc) is 2.25. The molecular weight excluding hydrogens is 180 g/mol. The monoisotopic (exact) mass is 198 g/mol. The van der Waals surface area contributed by atoms with E-state index in [-0.39, 0.29) is 11.5 Å². The maximum absolute atomic E-state index is 11.1. The van der Waals surface area contributed by atoms with Crippen LogP contribution in [-0.2, 0) is 9.47 Å². The molecule has 0 spiro atoms. The van der Waals surface area contributed by atoms with Crippen LogP contribution >= 0.6 is 0 Å². The fourth-order valence-electron chi connectivity index (χ4n) is 1.80. The zero-order valence-electron chi connectivity index (χ0n) is 9.29. The Labute approximate surface area is 85.1 Å². The summed E-state index contributed by atoms with van der Waals surface area (Å²) in [5.41, 5.74) is 1.20. The topological polar surface area (TPSA) is 35.5 Å². The van der Waals surface area contributed by atoms with Gasteiger partial charge >= 0.3 is 6.16 Å². The lowest BCUT2D eigenvalue weighted by molar-refractivity contribution is -0.000790. The van der Waals surface area contributed by atoms with Crippen molar-refractivity contribution in [3.05, 3.63) is 11.6 Å². The molecule has 80 valence electrons. The Bertz CT molecular complexity index is 253.